The number of rotatable bonds is 7. The molecule has 39 heavy (non-hydrogen) atoms. The summed E-state index contributed by atoms with van der Waals surface area (Å²) < 4.78 is 21.7. The average molecular weight is 533 g/mol. The number of nitrogens with one attached hydrogen (secondary N) is 1. The molecule has 3 fully saturated rings. The smallest absolute Gasteiger partial charge is 0.253 e. The van der Waals surface area contributed by atoms with Crippen molar-refractivity contribution < 1.29 is 13.9 Å². The second kappa shape index (κ2) is 10.9. The van der Waals surface area contributed by atoms with E-state index in [9.17, 15) is 9.18 Å². The van der Waals surface area contributed by atoms with Crippen molar-refractivity contribution in [3.63, 3.8) is 0 Å². The Morgan fingerprint density at radius 3 is 2.44 bits per heavy atom. The minimum Gasteiger partial charge on any atom is -0.379 e. The molecule has 0 atom stereocenters. The van der Waals surface area contributed by atoms with Gasteiger partial charge in [0.15, 0.2) is 0 Å². The summed E-state index contributed by atoms with van der Waals surface area (Å²) in [7, 11) is 0. The van der Waals surface area contributed by atoms with Crippen molar-refractivity contribution in [2.45, 2.75) is 65.6 Å². The number of carbonyl (C=O) groups excluding carboxylic acids is 1. The standard InChI is InChI=1S/C32H41FN4O2/c1-21-16-27(33)7-6-25(21)19-34-30-18-26(17-29-22(2)23(3)37(31(29)30)20-24-4-5-24)32(38)36-10-8-28(9-11-36)35-12-14-39-15-13-35/h6-7,16-18,24,28,34H,4-5,8-15,19-20H2,1-3H3. The van der Waals surface area contributed by atoms with Gasteiger partial charge < -0.3 is 19.5 Å². The zero-order chi connectivity index (χ0) is 27.1. The lowest BCUT2D eigenvalue weighted by atomic mass is 10.0. The number of aromatic nitrogens is 1. The fourth-order valence-corrected chi connectivity index (χ4v) is 6.43. The first-order valence-electron chi connectivity index (χ1n) is 14.6. The van der Waals surface area contributed by atoms with E-state index in [0.29, 0.717) is 12.6 Å². The van der Waals surface area contributed by atoms with Crippen LogP contribution in [0.4, 0.5) is 10.1 Å². The Morgan fingerprint density at radius 2 is 1.74 bits per heavy atom. The number of piperidine rings is 1. The number of anilines is 1. The number of likely N-dealkylation sites (tertiary alicyclic amines) is 1. The summed E-state index contributed by atoms with van der Waals surface area (Å²) in [5, 5.41) is 4.81. The summed E-state index contributed by atoms with van der Waals surface area (Å²) in [6.45, 7) is 13.1. The minimum absolute atomic E-state index is 0.116. The SMILES string of the molecule is Cc1cc(F)ccc1CNc1cc(C(=O)N2CCC(N3CCOCC3)CC2)cc2c(C)c(C)n(CC3CC3)c12. The summed E-state index contributed by atoms with van der Waals surface area (Å²) in [6, 6.07) is 9.66. The highest BCUT2D eigenvalue weighted by Gasteiger charge is 2.30. The lowest BCUT2D eigenvalue weighted by molar-refractivity contribution is 0.00159. The third-order valence-corrected chi connectivity index (χ3v) is 9.20. The topological polar surface area (TPSA) is 49.7 Å². The third-order valence-electron chi connectivity index (χ3n) is 9.20. The molecule has 3 aromatic rings. The van der Waals surface area contributed by atoms with E-state index >= 15 is 0 Å². The fraction of sp³-hybridized carbons (Fsp3) is 0.531. The maximum atomic E-state index is 13.9. The summed E-state index contributed by atoms with van der Waals surface area (Å²) in [6.07, 6.45) is 4.59. The second-order valence-corrected chi connectivity index (χ2v) is 11.8. The fourth-order valence-electron chi connectivity index (χ4n) is 6.43. The molecule has 0 unspecified atom stereocenters. The van der Waals surface area contributed by atoms with Crippen molar-refractivity contribution in [1.29, 1.82) is 0 Å². The first-order chi connectivity index (χ1) is 18.9. The van der Waals surface area contributed by atoms with Crippen LogP contribution in [0.1, 0.15) is 58.4 Å². The Labute approximate surface area is 231 Å². The van der Waals surface area contributed by atoms with Crippen molar-refractivity contribution in [3.8, 4) is 0 Å². The highest BCUT2D eigenvalue weighted by molar-refractivity contribution is 6.04. The molecule has 2 saturated heterocycles. The van der Waals surface area contributed by atoms with E-state index in [1.165, 1.54) is 35.7 Å². The van der Waals surface area contributed by atoms with Gasteiger partial charge in [0.1, 0.15) is 5.82 Å². The minimum atomic E-state index is -0.215. The number of nitrogens with zero attached hydrogens (tertiary/aromatic N) is 3. The molecular weight excluding hydrogens is 491 g/mol. The number of aryl methyl sites for hydroxylation is 2. The van der Waals surface area contributed by atoms with Gasteiger partial charge in [-0.25, -0.2) is 4.39 Å². The van der Waals surface area contributed by atoms with Gasteiger partial charge in [0, 0.05) is 62.0 Å². The number of hydrogen-bond acceptors (Lipinski definition) is 4. The van der Waals surface area contributed by atoms with Gasteiger partial charge >= 0.3 is 0 Å². The number of carbonyl (C=O) groups is 1. The van der Waals surface area contributed by atoms with Gasteiger partial charge in [-0.3, -0.25) is 9.69 Å². The van der Waals surface area contributed by atoms with Gasteiger partial charge in [0.05, 0.1) is 24.4 Å². The van der Waals surface area contributed by atoms with Crippen molar-refractivity contribution in [1.82, 2.24) is 14.4 Å². The largest absolute Gasteiger partial charge is 0.379 e. The van der Waals surface area contributed by atoms with E-state index in [1.54, 1.807) is 6.07 Å². The van der Waals surface area contributed by atoms with Crippen molar-refractivity contribution in [2.75, 3.05) is 44.7 Å². The quantitative estimate of drug-likeness (QED) is 0.426. The van der Waals surface area contributed by atoms with Crippen molar-refractivity contribution in [3.05, 3.63) is 64.1 Å². The van der Waals surface area contributed by atoms with Crippen LogP contribution in [0.5, 0.6) is 0 Å². The van der Waals surface area contributed by atoms with Crippen LogP contribution in [0.3, 0.4) is 0 Å². The lowest BCUT2D eigenvalue weighted by Crippen LogP contribution is -2.50. The molecule has 1 N–H and O–H groups in total. The number of halogens is 1. The van der Waals surface area contributed by atoms with Gasteiger partial charge in [0.25, 0.3) is 5.91 Å². The predicted octanol–water partition coefficient (Wildman–Crippen LogP) is 5.66. The average Bonchev–Trinajstić information content (AvgIpc) is 3.75. The van der Waals surface area contributed by atoms with Crippen LogP contribution >= 0.6 is 0 Å². The molecule has 0 spiro atoms. The van der Waals surface area contributed by atoms with Crippen LogP contribution in [-0.2, 0) is 17.8 Å². The molecule has 2 aliphatic heterocycles. The molecule has 6 nitrogen and oxygen atoms in total. The number of morpholine rings is 1. The monoisotopic (exact) mass is 532 g/mol. The zero-order valence-corrected chi connectivity index (χ0v) is 23.6. The summed E-state index contributed by atoms with van der Waals surface area (Å²) in [4.78, 5) is 18.4. The Bertz CT molecular complexity index is 1360. The maximum absolute atomic E-state index is 13.9. The van der Waals surface area contributed by atoms with Gasteiger partial charge in [-0.15, -0.1) is 0 Å². The van der Waals surface area contributed by atoms with E-state index in [-0.39, 0.29) is 11.7 Å². The highest BCUT2D eigenvalue weighted by atomic mass is 19.1. The van der Waals surface area contributed by atoms with Crippen LogP contribution in [-0.4, -0.2) is 65.7 Å². The molecule has 1 aliphatic carbocycles. The number of benzene rings is 2. The van der Waals surface area contributed by atoms with E-state index in [1.807, 2.05) is 17.9 Å². The van der Waals surface area contributed by atoms with Crippen LogP contribution in [0.25, 0.3) is 10.9 Å². The molecule has 0 radical (unpaired) electrons. The normalized spacial score (nSPS) is 19.1. The number of amides is 1. The molecule has 6 rings (SSSR count). The van der Waals surface area contributed by atoms with Gasteiger partial charge in [-0.05, 0) is 93.3 Å². The Kier molecular flexibility index (Phi) is 7.38. The van der Waals surface area contributed by atoms with Crippen LogP contribution < -0.4 is 5.32 Å². The van der Waals surface area contributed by atoms with Crippen molar-refractivity contribution in [2.24, 2.45) is 5.92 Å². The summed E-state index contributed by atoms with van der Waals surface area (Å²) in [5.74, 6) is 0.637. The molecule has 2 aromatic carbocycles. The molecule has 7 heteroatoms. The lowest BCUT2D eigenvalue weighted by Gasteiger charge is -2.40. The molecule has 3 aliphatic rings. The van der Waals surface area contributed by atoms with E-state index < -0.39 is 0 Å². The van der Waals surface area contributed by atoms with Crippen LogP contribution in [0.15, 0.2) is 30.3 Å². The van der Waals surface area contributed by atoms with Gasteiger partial charge in [0.2, 0.25) is 0 Å². The first kappa shape index (κ1) is 26.3. The Hall–Kier alpha value is -2.90. The maximum Gasteiger partial charge on any atom is 0.253 e. The van der Waals surface area contributed by atoms with Crippen LogP contribution in [0, 0.1) is 32.5 Å². The van der Waals surface area contributed by atoms with E-state index in [2.05, 4.69) is 40.8 Å². The van der Waals surface area contributed by atoms with Crippen molar-refractivity contribution >= 4 is 22.5 Å². The van der Waals surface area contributed by atoms with E-state index in [0.717, 1.165) is 92.5 Å². The summed E-state index contributed by atoms with van der Waals surface area (Å²) in [5.41, 5.74) is 7.41. The third kappa shape index (κ3) is 5.44. The van der Waals surface area contributed by atoms with E-state index in [4.69, 9.17) is 4.74 Å². The molecule has 208 valence electrons. The Balaban J connectivity index is 1.29. The molecular formula is C32H41FN4O2. The van der Waals surface area contributed by atoms with Gasteiger partial charge in [-0.1, -0.05) is 6.07 Å². The molecule has 1 amide bonds. The van der Waals surface area contributed by atoms with Gasteiger partial charge in [-0.2, -0.15) is 0 Å². The highest BCUT2D eigenvalue weighted by Crippen LogP contribution is 2.38. The zero-order valence-electron chi connectivity index (χ0n) is 23.6. The molecule has 1 aromatic heterocycles. The number of fused-ring (bicyclic) bond motifs is 1. The summed E-state index contributed by atoms with van der Waals surface area (Å²) >= 11 is 0. The second-order valence-electron chi connectivity index (χ2n) is 11.8. The predicted molar refractivity (Wildman–Crippen MR) is 154 cm³/mol. The number of hydrogen-bond donors (Lipinski definition) is 1. The molecule has 3 heterocycles. The molecule has 1 saturated carbocycles. The first-order valence-corrected chi connectivity index (χ1v) is 14.6. The Morgan fingerprint density at radius 1 is 1.00 bits per heavy atom. The van der Waals surface area contributed by atoms with Crippen LogP contribution in [0.2, 0.25) is 0 Å². The molecule has 0 bridgehead atoms. The number of ether oxygens (including phenoxy) is 1.